The van der Waals surface area contributed by atoms with Crippen molar-refractivity contribution in [3.05, 3.63) is 29.8 Å². The van der Waals surface area contributed by atoms with E-state index < -0.39 is 17.9 Å². The first-order valence-electron chi connectivity index (χ1n) is 6.85. The van der Waals surface area contributed by atoms with Crippen LogP contribution in [0.3, 0.4) is 0 Å². The van der Waals surface area contributed by atoms with Crippen molar-refractivity contribution in [1.82, 2.24) is 25.5 Å². The number of aromatic nitrogens is 4. The number of hydrogen-bond donors (Lipinski definition) is 2. The highest BCUT2D eigenvalue weighted by Gasteiger charge is 2.20. The van der Waals surface area contributed by atoms with Crippen LogP contribution in [0.5, 0.6) is 0 Å². The van der Waals surface area contributed by atoms with Crippen LogP contribution in [0, 0.1) is 6.92 Å². The summed E-state index contributed by atoms with van der Waals surface area (Å²) in [7, 11) is 1.36. The predicted molar refractivity (Wildman–Crippen MR) is 79.4 cm³/mol. The van der Waals surface area contributed by atoms with Crippen LogP contribution in [0.2, 0.25) is 0 Å². The molecule has 0 fully saturated rings. The molecule has 1 heterocycles. The largest absolute Gasteiger partial charge is 0.480 e. The van der Waals surface area contributed by atoms with Gasteiger partial charge in [0.05, 0.1) is 6.61 Å². The van der Waals surface area contributed by atoms with Gasteiger partial charge in [0, 0.05) is 12.7 Å². The fourth-order valence-corrected chi connectivity index (χ4v) is 1.84. The molecule has 2 N–H and O–H groups in total. The first-order valence-corrected chi connectivity index (χ1v) is 6.85. The fourth-order valence-electron chi connectivity index (χ4n) is 1.84. The van der Waals surface area contributed by atoms with E-state index in [1.165, 1.54) is 7.11 Å². The molecule has 23 heavy (non-hydrogen) atoms. The van der Waals surface area contributed by atoms with Crippen molar-refractivity contribution in [2.24, 2.45) is 0 Å². The summed E-state index contributed by atoms with van der Waals surface area (Å²) < 4.78 is 4.74. The monoisotopic (exact) mass is 319 g/mol. The number of hydrogen-bond acceptors (Lipinski definition) is 6. The van der Waals surface area contributed by atoms with E-state index >= 15 is 0 Å². The summed E-state index contributed by atoms with van der Waals surface area (Å²) in [5.74, 6) is -1.32. The van der Waals surface area contributed by atoms with Crippen LogP contribution in [0.15, 0.2) is 24.3 Å². The standard InChI is InChI=1S/C14H17N5O4/c1-9-3-5-10(6-4-9)13-16-18-19(17-13)7-12(20)15-11(8-23-2)14(21)22/h3-6,11H,7-8H2,1-2H3,(H,15,20)(H,21,22). The molecule has 0 saturated carbocycles. The fraction of sp³-hybridized carbons (Fsp3) is 0.357. The molecule has 1 atom stereocenters. The van der Waals surface area contributed by atoms with Gasteiger partial charge in [-0.15, -0.1) is 10.2 Å². The van der Waals surface area contributed by atoms with E-state index in [0.717, 1.165) is 15.9 Å². The first-order chi connectivity index (χ1) is 11.0. The average Bonchev–Trinajstić information content (AvgIpc) is 2.95. The lowest BCUT2D eigenvalue weighted by atomic mass is 10.1. The summed E-state index contributed by atoms with van der Waals surface area (Å²) in [6.07, 6.45) is 0. The van der Waals surface area contributed by atoms with Crippen LogP contribution in [-0.2, 0) is 20.9 Å². The smallest absolute Gasteiger partial charge is 0.328 e. The molecule has 1 amide bonds. The number of methoxy groups -OCH3 is 1. The summed E-state index contributed by atoms with van der Waals surface area (Å²) >= 11 is 0. The van der Waals surface area contributed by atoms with Gasteiger partial charge in [-0.05, 0) is 12.1 Å². The van der Waals surface area contributed by atoms with Crippen LogP contribution >= 0.6 is 0 Å². The highest BCUT2D eigenvalue weighted by Crippen LogP contribution is 2.13. The number of nitrogens with one attached hydrogen (secondary N) is 1. The van der Waals surface area contributed by atoms with Crippen LogP contribution in [0.1, 0.15) is 5.56 Å². The summed E-state index contributed by atoms with van der Waals surface area (Å²) in [6.45, 7) is 1.62. The maximum Gasteiger partial charge on any atom is 0.328 e. The minimum absolute atomic E-state index is 0.125. The van der Waals surface area contributed by atoms with E-state index in [1.807, 2.05) is 31.2 Å². The Morgan fingerprint density at radius 1 is 1.35 bits per heavy atom. The second kappa shape index (κ2) is 7.45. The number of aliphatic carboxylic acids is 1. The highest BCUT2D eigenvalue weighted by molar-refractivity contribution is 5.83. The minimum atomic E-state index is -1.17. The second-order valence-corrected chi connectivity index (χ2v) is 4.92. The lowest BCUT2D eigenvalue weighted by Gasteiger charge is -2.12. The molecular formula is C14H17N5O4. The predicted octanol–water partition coefficient (Wildman–Crippen LogP) is -0.136. The van der Waals surface area contributed by atoms with E-state index in [2.05, 4.69) is 20.7 Å². The lowest BCUT2D eigenvalue weighted by molar-refractivity contribution is -0.143. The van der Waals surface area contributed by atoms with Crippen molar-refractivity contribution in [3.8, 4) is 11.4 Å². The van der Waals surface area contributed by atoms with Crippen molar-refractivity contribution in [2.45, 2.75) is 19.5 Å². The van der Waals surface area contributed by atoms with E-state index in [4.69, 9.17) is 9.84 Å². The van der Waals surface area contributed by atoms with Gasteiger partial charge in [0.25, 0.3) is 0 Å². The van der Waals surface area contributed by atoms with E-state index in [0.29, 0.717) is 5.82 Å². The Morgan fingerprint density at radius 3 is 2.65 bits per heavy atom. The zero-order chi connectivity index (χ0) is 16.8. The SMILES string of the molecule is COCC(NC(=O)Cn1nnc(-c2ccc(C)cc2)n1)C(=O)O. The second-order valence-electron chi connectivity index (χ2n) is 4.92. The molecule has 0 bridgehead atoms. The van der Waals surface area contributed by atoms with E-state index in [-0.39, 0.29) is 13.2 Å². The van der Waals surface area contributed by atoms with E-state index in [1.54, 1.807) is 0 Å². The lowest BCUT2D eigenvalue weighted by Crippen LogP contribution is -2.45. The van der Waals surface area contributed by atoms with Crippen molar-refractivity contribution >= 4 is 11.9 Å². The minimum Gasteiger partial charge on any atom is -0.480 e. The van der Waals surface area contributed by atoms with Gasteiger partial charge in [-0.2, -0.15) is 4.80 Å². The zero-order valence-electron chi connectivity index (χ0n) is 12.8. The normalized spacial score (nSPS) is 11.9. The molecule has 9 heteroatoms. The Morgan fingerprint density at radius 2 is 2.04 bits per heavy atom. The van der Waals surface area contributed by atoms with Gasteiger partial charge < -0.3 is 15.2 Å². The molecule has 1 unspecified atom stereocenters. The number of nitrogens with zero attached hydrogens (tertiary/aromatic N) is 4. The third-order valence-electron chi connectivity index (χ3n) is 3.01. The number of aryl methyl sites for hydroxylation is 1. The third kappa shape index (κ3) is 4.58. The van der Waals surface area contributed by atoms with Gasteiger partial charge in [-0.3, -0.25) is 4.79 Å². The molecule has 0 aliphatic carbocycles. The Labute approximate surface area is 132 Å². The summed E-state index contributed by atoms with van der Waals surface area (Å²) in [4.78, 5) is 23.9. The van der Waals surface area contributed by atoms with Crippen LogP contribution in [0.25, 0.3) is 11.4 Å². The van der Waals surface area contributed by atoms with Crippen LogP contribution in [0.4, 0.5) is 0 Å². The molecule has 0 aliphatic rings. The highest BCUT2D eigenvalue weighted by atomic mass is 16.5. The number of tetrazole rings is 1. The zero-order valence-corrected chi connectivity index (χ0v) is 12.8. The Kier molecular flexibility index (Phi) is 5.36. The average molecular weight is 319 g/mol. The Bertz CT molecular complexity index is 683. The first kappa shape index (κ1) is 16.6. The van der Waals surface area contributed by atoms with Crippen LogP contribution in [-0.4, -0.2) is 56.9 Å². The molecule has 9 nitrogen and oxygen atoms in total. The van der Waals surface area contributed by atoms with Gasteiger partial charge in [0.2, 0.25) is 11.7 Å². The van der Waals surface area contributed by atoms with Gasteiger partial charge in [-0.25, -0.2) is 4.79 Å². The number of carboxylic acid groups (broad SMARTS) is 1. The number of carbonyl (C=O) groups is 2. The topological polar surface area (TPSA) is 119 Å². The molecule has 1 aromatic heterocycles. The molecule has 0 spiro atoms. The molecular weight excluding hydrogens is 302 g/mol. The van der Waals surface area contributed by atoms with Gasteiger partial charge >= 0.3 is 5.97 Å². The molecule has 122 valence electrons. The number of rotatable bonds is 7. The van der Waals surface area contributed by atoms with Crippen molar-refractivity contribution < 1.29 is 19.4 Å². The number of benzene rings is 1. The summed E-state index contributed by atoms with van der Waals surface area (Å²) in [6, 6.07) is 6.44. The maximum absolute atomic E-state index is 11.8. The maximum atomic E-state index is 11.8. The third-order valence-corrected chi connectivity index (χ3v) is 3.01. The van der Waals surface area contributed by atoms with Gasteiger partial charge in [-0.1, -0.05) is 29.8 Å². The van der Waals surface area contributed by atoms with Crippen molar-refractivity contribution in [3.63, 3.8) is 0 Å². The molecule has 2 rings (SSSR count). The summed E-state index contributed by atoms with van der Waals surface area (Å²) in [5.41, 5.74) is 1.89. The molecule has 0 radical (unpaired) electrons. The van der Waals surface area contributed by atoms with Crippen molar-refractivity contribution in [1.29, 1.82) is 0 Å². The number of carbonyl (C=O) groups excluding carboxylic acids is 1. The quantitative estimate of drug-likeness (QED) is 0.729. The number of amides is 1. The summed E-state index contributed by atoms with van der Waals surface area (Å²) in [5, 5.41) is 23.1. The number of carboxylic acids is 1. The van der Waals surface area contributed by atoms with Crippen LogP contribution < -0.4 is 5.32 Å². The molecule has 1 aromatic carbocycles. The van der Waals surface area contributed by atoms with Gasteiger partial charge in [0.1, 0.15) is 6.54 Å². The van der Waals surface area contributed by atoms with Gasteiger partial charge in [0.15, 0.2) is 6.04 Å². The van der Waals surface area contributed by atoms with Crippen molar-refractivity contribution in [2.75, 3.05) is 13.7 Å². The molecule has 0 aliphatic heterocycles. The Balaban J connectivity index is 1.99. The Hall–Kier alpha value is -2.81. The number of ether oxygens (including phenoxy) is 1. The van der Waals surface area contributed by atoms with E-state index in [9.17, 15) is 9.59 Å². The molecule has 2 aromatic rings. The molecule has 0 saturated heterocycles.